The number of ether oxygens (including phenoxy) is 2. The Balaban J connectivity index is 2.28. The fourth-order valence-corrected chi connectivity index (χ4v) is 2.71. The van der Waals surface area contributed by atoms with Gasteiger partial charge in [-0.1, -0.05) is 0 Å². The average Bonchev–Trinajstić information content (AvgIpc) is 2.47. The first kappa shape index (κ1) is 15.0. The van der Waals surface area contributed by atoms with E-state index in [-0.39, 0.29) is 5.56 Å². The predicted octanol–water partition coefficient (Wildman–Crippen LogP) is 3.18. The Labute approximate surface area is 118 Å². The topological polar surface area (TPSA) is 30.5 Å². The summed E-state index contributed by atoms with van der Waals surface area (Å²) < 4.78 is 36.8. The fourth-order valence-electron chi connectivity index (χ4n) is 2.71. The van der Waals surface area contributed by atoms with Crippen molar-refractivity contribution in [3.8, 4) is 11.5 Å². The first-order chi connectivity index (χ1) is 9.65. The maximum absolute atomic E-state index is 13.2. The highest BCUT2D eigenvalue weighted by Gasteiger charge is 2.21. The minimum atomic E-state index is -2.49. The van der Waals surface area contributed by atoms with E-state index in [9.17, 15) is 8.78 Å². The molecule has 1 saturated heterocycles. The lowest BCUT2D eigenvalue weighted by atomic mass is 9.89. The summed E-state index contributed by atoms with van der Waals surface area (Å²) in [6, 6.07) is 3.10. The van der Waals surface area contributed by atoms with E-state index in [4.69, 9.17) is 9.47 Å². The molecule has 0 atom stereocenters. The fraction of sp³-hybridized carbons (Fsp3) is 0.600. The standard InChI is InChI=1S/C15H21F2NO2/c1-19-13-8-11(7-10-3-5-18-6-4-10)12(15(16)17)9-14(13)20-2/h8-10,15,18H,3-7H2,1-2H3. The van der Waals surface area contributed by atoms with Crippen LogP contribution in [0.5, 0.6) is 11.5 Å². The number of hydrogen-bond donors (Lipinski definition) is 1. The zero-order chi connectivity index (χ0) is 14.5. The molecule has 0 unspecified atom stereocenters. The lowest BCUT2D eigenvalue weighted by molar-refractivity contribution is 0.149. The van der Waals surface area contributed by atoms with Gasteiger partial charge in [-0.25, -0.2) is 8.78 Å². The summed E-state index contributed by atoms with van der Waals surface area (Å²) in [5, 5.41) is 3.29. The van der Waals surface area contributed by atoms with E-state index in [2.05, 4.69) is 5.32 Å². The molecule has 0 radical (unpaired) electrons. The summed E-state index contributed by atoms with van der Waals surface area (Å²) in [4.78, 5) is 0. The molecule has 0 bridgehead atoms. The Morgan fingerprint density at radius 3 is 2.30 bits per heavy atom. The van der Waals surface area contributed by atoms with E-state index in [0.717, 1.165) is 25.9 Å². The Kier molecular flexibility index (Phi) is 5.17. The minimum absolute atomic E-state index is 0.0567. The van der Waals surface area contributed by atoms with Crippen LogP contribution < -0.4 is 14.8 Å². The zero-order valence-corrected chi connectivity index (χ0v) is 11.9. The third-order valence-corrected chi connectivity index (χ3v) is 3.85. The minimum Gasteiger partial charge on any atom is -0.493 e. The smallest absolute Gasteiger partial charge is 0.264 e. The molecule has 20 heavy (non-hydrogen) atoms. The van der Waals surface area contributed by atoms with E-state index >= 15 is 0 Å². The SMILES string of the molecule is COc1cc(CC2CCNCC2)c(C(F)F)cc1OC. The molecule has 1 fully saturated rings. The highest BCUT2D eigenvalue weighted by atomic mass is 19.3. The van der Waals surface area contributed by atoms with Gasteiger partial charge in [0.1, 0.15) is 0 Å². The van der Waals surface area contributed by atoms with Gasteiger partial charge in [-0.15, -0.1) is 0 Å². The van der Waals surface area contributed by atoms with Gasteiger partial charge in [0.15, 0.2) is 11.5 Å². The predicted molar refractivity (Wildman–Crippen MR) is 73.8 cm³/mol. The van der Waals surface area contributed by atoms with Gasteiger partial charge in [-0.3, -0.25) is 0 Å². The number of hydrogen-bond acceptors (Lipinski definition) is 3. The van der Waals surface area contributed by atoms with Gasteiger partial charge in [-0.2, -0.15) is 0 Å². The lowest BCUT2D eigenvalue weighted by Gasteiger charge is -2.24. The van der Waals surface area contributed by atoms with Gasteiger partial charge in [0.25, 0.3) is 6.43 Å². The number of piperidine rings is 1. The second-order valence-corrected chi connectivity index (χ2v) is 5.10. The van der Waals surface area contributed by atoms with E-state index in [1.165, 1.54) is 20.3 Å². The third kappa shape index (κ3) is 3.39. The van der Waals surface area contributed by atoms with Crippen molar-refractivity contribution in [2.45, 2.75) is 25.7 Å². The number of alkyl halides is 2. The molecule has 3 nitrogen and oxygen atoms in total. The van der Waals surface area contributed by atoms with E-state index in [1.807, 2.05) is 0 Å². The second kappa shape index (κ2) is 6.88. The number of methoxy groups -OCH3 is 2. The van der Waals surface area contributed by atoms with Crippen LogP contribution in [0.3, 0.4) is 0 Å². The summed E-state index contributed by atoms with van der Waals surface area (Å²) in [6.45, 7) is 1.92. The van der Waals surface area contributed by atoms with Crippen LogP contribution >= 0.6 is 0 Å². The number of halogens is 2. The van der Waals surface area contributed by atoms with Crippen LogP contribution in [-0.2, 0) is 6.42 Å². The van der Waals surface area contributed by atoms with Crippen molar-refractivity contribution in [1.29, 1.82) is 0 Å². The van der Waals surface area contributed by atoms with Gasteiger partial charge in [0, 0.05) is 5.56 Å². The molecule has 1 aliphatic heterocycles. The van der Waals surface area contributed by atoms with Crippen LogP contribution in [-0.4, -0.2) is 27.3 Å². The molecule has 1 aliphatic rings. The largest absolute Gasteiger partial charge is 0.493 e. The zero-order valence-electron chi connectivity index (χ0n) is 11.9. The number of nitrogens with one attached hydrogen (secondary N) is 1. The summed E-state index contributed by atoms with van der Waals surface area (Å²) in [6.07, 6.45) is 0.224. The highest BCUT2D eigenvalue weighted by molar-refractivity contribution is 5.48. The quantitative estimate of drug-likeness (QED) is 0.901. The first-order valence-electron chi connectivity index (χ1n) is 6.89. The van der Waals surface area contributed by atoms with Gasteiger partial charge < -0.3 is 14.8 Å². The normalized spacial score (nSPS) is 16.4. The molecule has 0 aliphatic carbocycles. The van der Waals surface area contributed by atoms with Crippen molar-refractivity contribution < 1.29 is 18.3 Å². The molecule has 1 aromatic carbocycles. The van der Waals surface area contributed by atoms with Crippen LogP contribution in [0.25, 0.3) is 0 Å². The molecule has 112 valence electrons. The third-order valence-electron chi connectivity index (χ3n) is 3.85. The van der Waals surface area contributed by atoms with Crippen LogP contribution in [0.15, 0.2) is 12.1 Å². The van der Waals surface area contributed by atoms with Crippen molar-refractivity contribution in [3.05, 3.63) is 23.3 Å². The molecular weight excluding hydrogens is 264 g/mol. The van der Waals surface area contributed by atoms with Crippen molar-refractivity contribution in [1.82, 2.24) is 5.32 Å². The molecule has 1 aromatic rings. The van der Waals surface area contributed by atoms with Crippen LogP contribution in [0.4, 0.5) is 8.78 Å². The van der Waals surface area contributed by atoms with Crippen molar-refractivity contribution >= 4 is 0 Å². The van der Waals surface area contributed by atoms with Crippen molar-refractivity contribution in [2.24, 2.45) is 5.92 Å². The molecule has 1 heterocycles. The van der Waals surface area contributed by atoms with E-state index in [1.54, 1.807) is 6.07 Å². The van der Waals surface area contributed by atoms with Crippen LogP contribution in [0, 0.1) is 5.92 Å². The van der Waals surface area contributed by atoms with Crippen molar-refractivity contribution in [3.63, 3.8) is 0 Å². The Morgan fingerprint density at radius 1 is 1.15 bits per heavy atom. The van der Waals surface area contributed by atoms with E-state index < -0.39 is 6.43 Å². The molecular formula is C15H21F2NO2. The number of rotatable bonds is 5. The molecule has 0 amide bonds. The Hall–Kier alpha value is -1.36. The van der Waals surface area contributed by atoms with E-state index in [0.29, 0.717) is 29.4 Å². The summed E-state index contributed by atoms with van der Waals surface area (Å²) in [7, 11) is 2.98. The monoisotopic (exact) mass is 285 g/mol. The van der Waals surface area contributed by atoms with Gasteiger partial charge in [-0.05, 0) is 56.0 Å². The maximum atomic E-state index is 13.2. The Morgan fingerprint density at radius 2 is 1.75 bits per heavy atom. The van der Waals surface area contributed by atoms with Crippen LogP contribution in [0.1, 0.15) is 30.4 Å². The molecule has 0 aromatic heterocycles. The van der Waals surface area contributed by atoms with Crippen LogP contribution in [0.2, 0.25) is 0 Å². The highest BCUT2D eigenvalue weighted by Crippen LogP contribution is 2.36. The lowest BCUT2D eigenvalue weighted by Crippen LogP contribution is -2.28. The number of benzene rings is 1. The molecule has 2 rings (SSSR count). The summed E-state index contributed by atoms with van der Waals surface area (Å²) in [5.74, 6) is 1.32. The first-order valence-corrected chi connectivity index (χ1v) is 6.89. The van der Waals surface area contributed by atoms with Crippen molar-refractivity contribution in [2.75, 3.05) is 27.3 Å². The van der Waals surface area contributed by atoms with Gasteiger partial charge >= 0.3 is 0 Å². The van der Waals surface area contributed by atoms with Gasteiger partial charge in [0.2, 0.25) is 0 Å². The second-order valence-electron chi connectivity index (χ2n) is 5.10. The average molecular weight is 285 g/mol. The molecule has 5 heteroatoms. The molecule has 1 N–H and O–H groups in total. The van der Waals surface area contributed by atoms with Gasteiger partial charge in [0.05, 0.1) is 14.2 Å². The molecule has 0 saturated carbocycles. The summed E-state index contributed by atoms with van der Waals surface area (Å²) in [5.41, 5.74) is 0.728. The maximum Gasteiger partial charge on any atom is 0.264 e. The Bertz CT molecular complexity index is 446. The summed E-state index contributed by atoms with van der Waals surface area (Å²) >= 11 is 0. The molecule has 0 spiro atoms.